The van der Waals surface area contributed by atoms with Gasteiger partial charge in [-0.1, -0.05) is 59.1 Å². The maximum absolute atomic E-state index is 13.6. The summed E-state index contributed by atoms with van der Waals surface area (Å²) in [5.74, 6) is -0.669. The van der Waals surface area contributed by atoms with Crippen molar-refractivity contribution in [3.8, 4) is 5.75 Å². The maximum atomic E-state index is 13.6. The van der Waals surface area contributed by atoms with E-state index in [0.29, 0.717) is 33.3 Å². The van der Waals surface area contributed by atoms with E-state index in [2.05, 4.69) is 15.8 Å². The van der Waals surface area contributed by atoms with Gasteiger partial charge in [0, 0.05) is 16.3 Å². The van der Waals surface area contributed by atoms with Crippen LogP contribution >= 0.6 is 23.2 Å². The molecule has 4 rings (SSSR count). The molecule has 0 bridgehead atoms. The zero-order chi connectivity index (χ0) is 31.1. The van der Waals surface area contributed by atoms with Crippen LogP contribution in [0.15, 0.2) is 101 Å². The second kappa shape index (κ2) is 13.7. The number of amides is 2. The van der Waals surface area contributed by atoms with Gasteiger partial charge in [0.25, 0.3) is 21.8 Å². The summed E-state index contributed by atoms with van der Waals surface area (Å²) in [6.07, 6.45) is 0. The molecule has 0 unspecified atom stereocenters. The Kier molecular flexibility index (Phi) is 10.1. The molecular weight excluding hydrogens is 611 g/mol. The molecule has 0 aliphatic carbocycles. The highest BCUT2D eigenvalue weighted by atomic mass is 35.5. The first-order valence-electron chi connectivity index (χ1n) is 12.9. The molecule has 4 aromatic carbocycles. The Morgan fingerprint density at radius 2 is 1.60 bits per heavy atom. The van der Waals surface area contributed by atoms with Crippen molar-refractivity contribution in [1.29, 1.82) is 0 Å². The SMILES string of the molecule is COc1ccc(N(CC(=O)N/N=C(/C)c2cccc(NC(=O)c3cccc(Cl)c3)c2)S(=O)(=O)c2ccc(C)cc2)cc1Cl. The molecule has 4 aromatic rings. The van der Waals surface area contributed by atoms with Gasteiger partial charge < -0.3 is 10.1 Å². The average molecular weight is 640 g/mol. The second-order valence-corrected chi connectivity index (χ2v) is 12.1. The molecule has 0 saturated heterocycles. The van der Waals surface area contributed by atoms with Crippen molar-refractivity contribution in [3.63, 3.8) is 0 Å². The van der Waals surface area contributed by atoms with E-state index in [1.165, 1.54) is 37.4 Å². The van der Waals surface area contributed by atoms with Crippen LogP contribution in [0.4, 0.5) is 11.4 Å². The number of anilines is 2. The van der Waals surface area contributed by atoms with Gasteiger partial charge >= 0.3 is 0 Å². The van der Waals surface area contributed by atoms with Crippen molar-refractivity contribution < 1.29 is 22.7 Å². The summed E-state index contributed by atoms with van der Waals surface area (Å²) >= 11 is 12.3. The second-order valence-electron chi connectivity index (χ2n) is 9.42. The fourth-order valence-electron chi connectivity index (χ4n) is 3.99. The van der Waals surface area contributed by atoms with Gasteiger partial charge in [-0.3, -0.25) is 13.9 Å². The van der Waals surface area contributed by atoms with Crippen molar-refractivity contribution in [2.24, 2.45) is 5.10 Å². The number of halogens is 2. The van der Waals surface area contributed by atoms with Crippen LogP contribution in [0.1, 0.15) is 28.4 Å². The number of nitrogens with one attached hydrogen (secondary N) is 2. The van der Waals surface area contributed by atoms with Crippen LogP contribution in [0.25, 0.3) is 0 Å². The number of benzene rings is 4. The van der Waals surface area contributed by atoms with Crippen molar-refractivity contribution in [3.05, 3.63) is 118 Å². The Bertz CT molecular complexity index is 1790. The third-order valence-electron chi connectivity index (χ3n) is 6.29. The molecule has 43 heavy (non-hydrogen) atoms. The first kappa shape index (κ1) is 31.6. The van der Waals surface area contributed by atoms with Crippen LogP contribution in [-0.4, -0.2) is 39.6 Å². The van der Waals surface area contributed by atoms with E-state index in [9.17, 15) is 18.0 Å². The Morgan fingerprint density at radius 3 is 2.28 bits per heavy atom. The number of hydrazone groups is 1. The van der Waals surface area contributed by atoms with Crippen LogP contribution in [0.3, 0.4) is 0 Å². The molecule has 0 aliphatic rings. The summed E-state index contributed by atoms with van der Waals surface area (Å²) in [6.45, 7) is 2.93. The van der Waals surface area contributed by atoms with Gasteiger partial charge in [-0.15, -0.1) is 0 Å². The van der Waals surface area contributed by atoms with Gasteiger partial charge in [0.05, 0.1) is 28.4 Å². The predicted molar refractivity (Wildman–Crippen MR) is 170 cm³/mol. The topological polar surface area (TPSA) is 117 Å². The summed E-state index contributed by atoms with van der Waals surface area (Å²) in [5.41, 5.74) is 5.44. The molecule has 222 valence electrons. The number of carbonyl (C=O) groups is 2. The lowest BCUT2D eigenvalue weighted by Crippen LogP contribution is -2.39. The van der Waals surface area contributed by atoms with Crippen LogP contribution in [0.2, 0.25) is 10.0 Å². The summed E-state index contributed by atoms with van der Waals surface area (Å²) in [5, 5.41) is 7.59. The van der Waals surface area contributed by atoms with Crippen molar-refractivity contribution in [2.45, 2.75) is 18.7 Å². The van der Waals surface area contributed by atoms with E-state index < -0.39 is 22.5 Å². The molecular formula is C31H28Cl2N4O5S. The Morgan fingerprint density at radius 1 is 0.907 bits per heavy atom. The van der Waals surface area contributed by atoms with Crippen LogP contribution in [-0.2, 0) is 14.8 Å². The Labute approximate surface area is 260 Å². The summed E-state index contributed by atoms with van der Waals surface area (Å²) < 4.78 is 33.4. The first-order chi connectivity index (χ1) is 20.5. The maximum Gasteiger partial charge on any atom is 0.264 e. The third-order valence-corrected chi connectivity index (χ3v) is 8.61. The monoisotopic (exact) mass is 638 g/mol. The Hall–Kier alpha value is -4.38. The number of sulfonamides is 1. The minimum atomic E-state index is -4.16. The molecule has 0 aromatic heterocycles. The van der Waals surface area contributed by atoms with E-state index in [0.717, 1.165) is 9.87 Å². The van der Waals surface area contributed by atoms with Gasteiger partial charge in [-0.2, -0.15) is 5.10 Å². The number of hydrogen-bond donors (Lipinski definition) is 2. The van der Waals surface area contributed by atoms with Crippen molar-refractivity contribution >= 4 is 62.1 Å². The minimum absolute atomic E-state index is 0.00848. The molecule has 0 radical (unpaired) electrons. The number of carbonyl (C=O) groups excluding carboxylic acids is 2. The van der Waals surface area contributed by atoms with E-state index in [-0.39, 0.29) is 21.5 Å². The molecule has 2 amide bonds. The molecule has 0 atom stereocenters. The molecule has 0 aliphatic heterocycles. The number of aryl methyl sites for hydroxylation is 1. The van der Waals surface area contributed by atoms with Gasteiger partial charge in [0.2, 0.25) is 0 Å². The third kappa shape index (κ3) is 7.92. The fourth-order valence-corrected chi connectivity index (χ4v) is 5.85. The predicted octanol–water partition coefficient (Wildman–Crippen LogP) is 6.30. The van der Waals surface area contributed by atoms with Gasteiger partial charge in [0.15, 0.2) is 0 Å². The van der Waals surface area contributed by atoms with E-state index in [1.807, 2.05) is 6.92 Å². The number of rotatable bonds is 10. The first-order valence-corrected chi connectivity index (χ1v) is 15.1. The number of nitrogens with zero attached hydrogens (tertiary/aromatic N) is 2. The highest BCUT2D eigenvalue weighted by Gasteiger charge is 2.28. The van der Waals surface area contributed by atoms with Gasteiger partial charge in [0.1, 0.15) is 12.3 Å². The quantitative estimate of drug-likeness (QED) is 0.156. The molecule has 0 fully saturated rings. The van der Waals surface area contributed by atoms with Crippen LogP contribution in [0, 0.1) is 6.92 Å². The number of methoxy groups -OCH3 is 1. The zero-order valence-electron chi connectivity index (χ0n) is 23.5. The minimum Gasteiger partial charge on any atom is -0.495 e. The van der Waals surface area contributed by atoms with Crippen LogP contribution < -0.4 is 19.8 Å². The highest BCUT2D eigenvalue weighted by molar-refractivity contribution is 7.92. The molecule has 0 saturated carbocycles. The largest absolute Gasteiger partial charge is 0.495 e. The summed E-state index contributed by atoms with van der Waals surface area (Å²) in [7, 11) is -2.72. The molecule has 0 heterocycles. The van der Waals surface area contributed by atoms with Crippen molar-refractivity contribution in [2.75, 3.05) is 23.3 Å². The average Bonchev–Trinajstić information content (AvgIpc) is 2.99. The van der Waals surface area contributed by atoms with Gasteiger partial charge in [-0.05, 0) is 80.1 Å². The Balaban J connectivity index is 1.53. The molecule has 9 nitrogen and oxygen atoms in total. The standard InChI is InChI=1S/C31H28Cl2N4O5S/c1-20-10-13-27(14-11-20)43(40,41)37(26-12-15-29(42-3)28(33)18-26)19-30(38)36-35-21(2)22-6-5-9-25(17-22)34-31(39)23-7-4-8-24(32)16-23/h4-18H,19H2,1-3H3,(H,34,39)(H,36,38)/b35-21-. The lowest BCUT2D eigenvalue weighted by atomic mass is 10.1. The fraction of sp³-hybridized carbons (Fsp3) is 0.129. The van der Waals surface area contributed by atoms with E-state index in [4.69, 9.17) is 27.9 Å². The summed E-state index contributed by atoms with van der Waals surface area (Å²) in [6, 6.07) is 24.2. The number of ether oxygens (including phenoxy) is 1. The lowest BCUT2D eigenvalue weighted by molar-refractivity contribution is -0.119. The summed E-state index contributed by atoms with van der Waals surface area (Å²) in [4.78, 5) is 25.7. The molecule has 12 heteroatoms. The molecule has 2 N–H and O–H groups in total. The normalized spacial score (nSPS) is 11.5. The van der Waals surface area contributed by atoms with Gasteiger partial charge in [-0.25, -0.2) is 13.8 Å². The highest BCUT2D eigenvalue weighted by Crippen LogP contribution is 2.32. The van der Waals surface area contributed by atoms with Crippen molar-refractivity contribution in [1.82, 2.24) is 5.43 Å². The smallest absolute Gasteiger partial charge is 0.264 e. The number of hydrogen-bond acceptors (Lipinski definition) is 6. The molecule has 0 spiro atoms. The lowest BCUT2D eigenvalue weighted by Gasteiger charge is -2.24. The van der Waals surface area contributed by atoms with E-state index in [1.54, 1.807) is 67.6 Å². The zero-order valence-corrected chi connectivity index (χ0v) is 25.8. The van der Waals surface area contributed by atoms with Crippen LogP contribution in [0.5, 0.6) is 5.75 Å². The van der Waals surface area contributed by atoms with E-state index >= 15 is 0 Å².